The minimum Gasteiger partial charge on any atom is -0.481 e. The van der Waals surface area contributed by atoms with E-state index < -0.39 is 5.97 Å². The molecular weight excluding hydrogens is 194 g/mol. The lowest BCUT2D eigenvalue weighted by molar-refractivity contribution is -0.136. The molecule has 0 atom stereocenters. The molecule has 0 spiro atoms. The zero-order valence-electron chi connectivity index (χ0n) is 9.15. The Morgan fingerprint density at radius 3 is 2.67 bits per heavy atom. The van der Waals surface area contributed by atoms with Gasteiger partial charge in [0.25, 0.3) is 0 Å². The third-order valence-electron chi connectivity index (χ3n) is 1.52. The summed E-state index contributed by atoms with van der Waals surface area (Å²) >= 11 is 0. The van der Waals surface area contributed by atoms with Gasteiger partial charge < -0.3 is 9.84 Å². The van der Waals surface area contributed by atoms with Crippen LogP contribution in [0.3, 0.4) is 0 Å². The Kier molecular flexibility index (Phi) is 3.29. The van der Waals surface area contributed by atoms with Gasteiger partial charge in [-0.1, -0.05) is 6.07 Å². The van der Waals surface area contributed by atoms with Crippen LogP contribution in [0.1, 0.15) is 26.5 Å². The van der Waals surface area contributed by atoms with E-state index in [1.165, 1.54) is 0 Å². The highest BCUT2D eigenvalue weighted by atomic mass is 16.5. The third kappa shape index (κ3) is 4.44. The zero-order valence-corrected chi connectivity index (χ0v) is 9.15. The van der Waals surface area contributed by atoms with E-state index in [1.54, 1.807) is 18.2 Å². The van der Waals surface area contributed by atoms with Gasteiger partial charge in [-0.15, -0.1) is 0 Å². The summed E-state index contributed by atoms with van der Waals surface area (Å²) < 4.78 is 5.52. The number of carboxylic acids is 1. The Hall–Kier alpha value is -1.58. The molecule has 0 saturated carbocycles. The van der Waals surface area contributed by atoms with Crippen molar-refractivity contribution in [2.75, 3.05) is 0 Å². The monoisotopic (exact) mass is 209 g/mol. The summed E-state index contributed by atoms with van der Waals surface area (Å²) in [5.41, 5.74) is 0.179. The van der Waals surface area contributed by atoms with Crippen molar-refractivity contribution in [3.8, 4) is 5.88 Å². The van der Waals surface area contributed by atoms with Crippen LogP contribution in [0, 0.1) is 0 Å². The van der Waals surface area contributed by atoms with E-state index in [2.05, 4.69) is 4.98 Å². The van der Waals surface area contributed by atoms with Gasteiger partial charge in [0.1, 0.15) is 5.60 Å². The number of pyridine rings is 1. The summed E-state index contributed by atoms with van der Waals surface area (Å²) in [4.78, 5) is 14.6. The van der Waals surface area contributed by atoms with Gasteiger partial charge in [-0.3, -0.25) is 4.79 Å². The number of carboxylic acid groups (broad SMARTS) is 1. The number of hydrogen-bond acceptors (Lipinski definition) is 3. The second-order valence-electron chi connectivity index (χ2n) is 4.25. The minimum absolute atomic E-state index is 0.0820. The number of hydrogen-bond donors (Lipinski definition) is 1. The van der Waals surface area contributed by atoms with E-state index in [9.17, 15) is 4.79 Å². The van der Waals surface area contributed by atoms with Gasteiger partial charge >= 0.3 is 5.97 Å². The Morgan fingerprint density at radius 1 is 1.47 bits per heavy atom. The topological polar surface area (TPSA) is 59.4 Å². The first-order valence-corrected chi connectivity index (χ1v) is 4.73. The standard InChI is InChI=1S/C11H15NO3/c1-11(2,3)15-9-6-4-5-8(12-9)7-10(13)14/h4-6H,7H2,1-3H3,(H,13,14). The summed E-state index contributed by atoms with van der Waals surface area (Å²) in [5.74, 6) is -0.434. The Bertz CT molecular complexity index is 355. The van der Waals surface area contributed by atoms with Crippen molar-refractivity contribution in [3.63, 3.8) is 0 Å². The van der Waals surface area contributed by atoms with Gasteiger partial charge in [0.15, 0.2) is 0 Å². The smallest absolute Gasteiger partial charge is 0.309 e. The number of nitrogens with zero attached hydrogens (tertiary/aromatic N) is 1. The number of rotatable bonds is 3. The first kappa shape index (κ1) is 11.5. The van der Waals surface area contributed by atoms with Gasteiger partial charge in [-0.05, 0) is 26.8 Å². The second-order valence-corrected chi connectivity index (χ2v) is 4.25. The predicted molar refractivity (Wildman–Crippen MR) is 56.0 cm³/mol. The SMILES string of the molecule is CC(C)(C)Oc1cccc(CC(=O)O)n1. The lowest BCUT2D eigenvalue weighted by Crippen LogP contribution is -2.23. The summed E-state index contributed by atoms with van der Waals surface area (Å²) in [6, 6.07) is 5.13. The second kappa shape index (κ2) is 4.29. The van der Waals surface area contributed by atoms with Crippen LogP contribution in [0.5, 0.6) is 5.88 Å². The van der Waals surface area contributed by atoms with Gasteiger partial charge in [-0.2, -0.15) is 0 Å². The van der Waals surface area contributed by atoms with Crippen LogP contribution < -0.4 is 4.74 Å². The van der Waals surface area contributed by atoms with Gasteiger partial charge in [0.2, 0.25) is 5.88 Å². The number of carbonyl (C=O) groups is 1. The molecule has 0 fully saturated rings. The highest BCUT2D eigenvalue weighted by Crippen LogP contribution is 2.15. The fourth-order valence-electron chi connectivity index (χ4n) is 1.08. The first-order valence-electron chi connectivity index (χ1n) is 4.73. The van der Waals surface area contributed by atoms with Gasteiger partial charge in [-0.25, -0.2) is 4.98 Å². The fourth-order valence-corrected chi connectivity index (χ4v) is 1.08. The molecule has 0 aliphatic rings. The highest BCUT2D eigenvalue weighted by Gasteiger charge is 2.13. The van der Waals surface area contributed by atoms with Crippen LogP contribution in [0.25, 0.3) is 0 Å². The molecular formula is C11H15NO3. The number of ether oxygens (including phenoxy) is 1. The van der Waals surface area contributed by atoms with Crippen molar-refractivity contribution in [2.24, 2.45) is 0 Å². The summed E-state index contributed by atoms with van der Waals surface area (Å²) in [5, 5.41) is 8.61. The summed E-state index contributed by atoms with van der Waals surface area (Å²) in [7, 11) is 0. The molecule has 1 N–H and O–H groups in total. The van der Waals surface area contributed by atoms with Crippen LogP contribution in [-0.4, -0.2) is 21.7 Å². The molecule has 0 aliphatic carbocycles. The van der Waals surface area contributed by atoms with Gasteiger partial charge in [0.05, 0.1) is 12.1 Å². The molecule has 1 aromatic rings. The van der Waals surface area contributed by atoms with E-state index in [-0.39, 0.29) is 12.0 Å². The number of aliphatic carboxylic acids is 1. The molecule has 1 aromatic heterocycles. The highest BCUT2D eigenvalue weighted by molar-refractivity contribution is 5.69. The van der Waals surface area contributed by atoms with E-state index >= 15 is 0 Å². The van der Waals surface area contributed by atoms with Crippen LogP contribution in [-0.2, 0) is 11.2 Å². The Balaban J connectivity index is 2.79. The first-order chi connectivity index (χ1) is 6.87. The largest absolute Gasteiger partial charge is 0.481 e. The average molecular weight is 209 g/mol. The van der Waals surface area contributed by atoms with Crippen molar-refractivity contribution < 1.29 is 14.6 Å². The maximum absolute atomic E-state index is 10.5. The molecule has 0 bridgehead atoms. The van der Waals surface area contributed by atoms with Crippen LogP contribution >= 0.6 is 0 Å². The molecule has 1 heterocycles. The van der Waals surface area contributed by atoms with E-state index in [1.807, 2.05) is 20.8 Å². The van der Waals surface area contributed by atoms with Crippen LogP contribution in [0.2, 0.25) is 0 Å². The predicted octanol–water partition coefficient (Wildman–Crippen LogP) is 1.89. The van der Waals surface area contributed by atoms with Gasteiger partial charge in [0, 0.05) is 6.07 Å². The molecule has 0 saturated heterocycles. The average Bonchev–Trinajstić information content (AvgIpc) is 1.99. The molecule has 0 aliphatic heterocycles. The number of aromatic nitrogens is 1. The van der Waals surface area contributed by atoms with Crippen molar-refractivity contribution in [3.05, 3.63) is 23.9 Å². The molecule has 0 aromatic carbocycles. The Labute approximate surface area is 88.9 Å². The third-order valence-corrected chi connectivity index (χ3v) is 1.52. The summed E-state index contributed by atoms with van der Waals surface area (Å²) in [6.45, 7) is 5.75. The maximum atomic E-state index is 10.5. The van der Waals surface area contributed by atoms with Crippen molar-refractivity contribution in [1.82, 2.24) is 4.98 Å². The molecule has 82 valence electrons. The minimum atomic E-state index is -0.893. The lowest BCUT2D eigenvalue weighted by atomic mass is 10.2. The summed E-state index contributed by atoms with van der Waals surface area (Å²) in [6.07, 6.45) is -0.0820. The lowest BCUT2D eigenvalue weighted by Gasteiger charge is -2.20. The molecule has 0 radical (unpaired) electrons. The molecule has 1 rings (SSSR count). The fraction of sp³-hybridized carbons (Fsp3) is 0.455. The van der Waals surface area contributed by atoms with E-state index in [0.717, 1.165) is 0 Å². The molecule has 4 heteroatoms. The van der Waals surface area contributed by atoms with Crippen molar-refractivity contribution >= 4 is 5.97 Å². The maximum Gasteiger partial charge on any atom is 0.309 e. The van der Waals surface area contributed by atoms with E-state index in [0.29, 0.717) is 11.6 Å². The molecule has 0 amide bonds. The zero-order chi connectivity index (χ0) is 11.5. The quantitative estimate of drug-likeness (QED) is 0.825. The molecule has 0 unspecified atom stereocenters. The normalized spacial score (nSPS) is 11.1. The van der Waals surface area contributed by atoms with Crippen molar-refractivity contribution in [1.29, 1.82) is 0 Å². The van der Waals surface area contributed by atoms with Crippen LogP contribution in [0.15, 0.2) is 18.2 Å². The van der Waals surface area contributed by atoms with Crippen LogP contribution in [0.4, 0.5) is 0 Å². The molecule has 15 heavy (non-hydrogen) atoms. The van der Waals surface area contributed by atoms with Crippen molar-refractivity contribution in [2.45, 2.75) is 32.8 Å². The Morgan fingerprint density at radius 2 is 2.13 bits per heavy atom. The molecule has 4 nitrogen and oxygen atoms in total. The van der Waals surface area contributed by atoms with E-state index in [4.69, 9.17) is 9.84 Å².